The van der Waals surface area contributed by atoms with Crippen LogP contribution in [0.2, 0.25) is 0 Å². The van der Waals surface area contributed by atoms with Crippen molar-refractivity contribution in [2.45, 2.75) is 46.3 Å². The van der Waals surface area contributed by atoms with Crippen LogP contribution in [0.5, 0.6) is 5.75 Å². The Bertz CT molecular complexity index is 426. The number of esters is 1. The van der Waals surface area contributed by atoms with Crippen LogP contribution in [0.3, 0.4) is 0 Å². The molecule has 19 heavy (non-hydrogen) atoms. The first kappa shape index (κ1) is 15.5. The van der Waals surface area contributed by atoms with Crippen molar-refractivity contribution in [2.75, 3.05) is 6.61 Å². The molecule has 0 aromatic heterocycles. The average Bonchev–Trinajstić information content (AvgIpc) is 2.35. The molecule has 0 aliphatic rings. The maximum atomic E-state index is 11.7. The summed E-state index contributed by atoms with van der Waals surface area (Å²) < 4.78 is 10.7. The minimum Gasteiger partial charge on any atom is -0.478 e. The molecule has 0 saturated carbocycles. The van der Waals surface area contributed by atoms with Crippen molar-refractivity contribution >= 4 is 5.97 Å². The molecule has 0 spiro atoms. The topological polar surface area (TPSA) is 55.8 Å². The Morgan fingerprint density at radius 2 is 2.05 bits per heavy atom. The summed E-state index contributed by atoms with van der Waals surface area (Å²) in [7, 11) is 0. The highest BCUT2D eigenvalue weighted by atomic mass is 16.6. The number of carbonyl (C=O) groups excluding carboxylic acids is 1. The summed E-state index contributed by atoms with van der Waals surface area (Å²) in [6, 6.07) is 5.54. The number of hydrogen-bond donors (Lipinski definition) is 1. The fourth-order valence-electron chi connectivity index (χ4n) is 1.78. The lowest BCUT2D eigenvalue weighted by atomic mass is 10.1. The quantitative estimate of drug-likeness (QED) is 0.804. The zero-order valence-electron chi connectivity index (χ0n) is 12.0. The van der Waals surface area contributed by atoms with E-state index in [9.17, 15) is 9.90 Å². The molecule has 0 fully saturated rings. The van der Waals surface area contributed by atoms with Crippen molar-refractivity contribution in [3.05, 3.63) is 29.3 Å². The molecule has 4 nitrogen and oxygen atoms in total. The van der Waals surface area contributed by atoms with E-state index in [1.807, 2.05) is 32.0 Å². The molecule has 0 amide bonds. The molecule has 2 unspecified atom stereocenters. The third-order valence-electron chi connectivity index (χ3n) is 2.81. The van der Waals surface area contributed by atoms with E-state index in [1.165, 1.54) is 0 Å². The number of benzene rings is 1. The normalized spacial score (nSPS) is 13.7. The van der Waals surface area contributed by atoms with Gasteiger partial charge in [-0.05, 0) is 38.8 Å². The van der Waals surface area contributed by atoms with Crippen molar-refractivity contribution in [1.29, 1.82) is 0 Å². The van der Waals surface area contributed by atoms with Gasteiger partial charge in [0.05, 0.1) is 12.7 Å². The molecular weight excluding hydrogens is 244 g/mol. The van der Waals surface area contributed by atoms with E-state index in [0.29, 0.717) is 24.3 Å². The lowest BCUT2D eigenvalue weighted by Gasteiger charge is -2.19. The standard InChI is InChI=1S/C15H22O4/c1-5-13(15(17)18-6-2)19-14-9-10(3)7-8-12(14)11(4)16/h7-9,11,13,16H,5-6H2,1-4H3. The van der Waals surface area contributed by atoms with Gasteiger partial charge in [0.2, 0.25) is 0 Å². The second-order valence-electron chi connectivity index (χ2n) is 4.48. The first-order valence-corrected chi connectivity index (χ1v) is 6.61. The van der Waals surface area contributed by atoms with E-state index < -0.39 is 12.2 Å². The van der Waals surface area contributed by atoms with Gasteiger partial charge < -0.3 is 14.6 Å². The second-order valence-corrected chi connectivity index (χ2v) is 4.48. The molecule has 0 radical (unpaired) electrons. The van der Waals surface area contributed by atoms with Gasteiger partial charge in [-0.3, -0.25) is 0 Å². The lowest BCUT2D eigenvalue weighted by molar-refractivity contribution is -0.151. The van der Waals surface area contributed by atoms with E-state index in [-0.39, 0.29) is 5.97 Å². The van der Waals surface area contributed by atoms with Gasteiger partial charge in [0, 0.05) is 5.56 Å². The van der Waals surface area contributed by atoms with Gasteiger partial charge >= 0.3 is 5.97 Å². The highest BCUT2D eigenvalue weighted by Crippen LogP contribution is 2.27. The summed E-state index contributed by atoms with van der Waals surface area (Å²) in [4.78, 5) is 11.7. The Labute approximate surface area is 114 Å². The zero-order chi connectivity index (χ0) is 14.4. The Morgan fingerprint density at radius 1 is 1.37 bits per heavy atom. The highest BCUT2D eigenvalue weighted by Gasteiger charge is 2.21. The molecule has 4 heteroatoms. The van der Waals surface area contributed by atoms with E-state index in [0.717, 1.165) is 5.56 Å². The number of ether oxygens (including phenoxy) is 2. The zero-order valence-corrected chi connectivity index (χ0v) is 12.0. The van der Waals surface area contributed by atoms with E-state index in [1.54, 1.807) is 13.8 Å². The van der Waals surface area contributed by atoms with Crippen molar-refractivity contribution in [3.8, 4) is 5.75 Å². The minimum absolute atomic E-state index is 0.329. The Kier molecular flexibility index (Phi) is 5.83. The molecule has 0 heterocycles. The predicted molar refractivity (Wildman–Crippen MR) is 73.2 cm³/mol. The van der Waals surface area contributed by atoms with Gasteiger partial charge in [-0.1, -0.05) is 19.1 Å². The summed E-state index contributed by atoms with van der Waals surface area (Å²) in [6.45, 7) is 7.56. The van der Waals surface area contributed by atoms with Crippen LogP contribution in [0, 0.1) is 6.92 Å². The van der Waals surface area contributed by atoms with Crippen LogP contribution in [0.1, 0.15) is 44.4 Å². The Balaban J connectivity index is 2.95. The van der Waals surface area contributed by atoms with Crippen LogP contribution in [0.25, 0.3) is 0 Å². The van der Waals surface area contributed by atoms with E-state index in [4.69, 9.17) is 9.47 Å². The highest BCUT2D eigenvalue weighted by molar-refractivity contribution is 5.75. The summed E-state index contributed by atoms with van der Waals surface area (Å²) in [6.07, 6.45) is -0.763. The first-order valence-electron chi connectivity index (χ1n) is 6.61. The molecule has 1 rings (SSSR count). The smallest absolute Gasteiger partial charge is 0.347 e. The van der Waals surface area contributed by atoms with Crippen LogP contribution in [-0.4, -0.2) is 23.8 Å². The summed E-state index contributed by atoms with van der Waals surface area (Å²) in [5, 5.41) is 9.73. The summed E-state index contributed by atoms with van der Waals surface area (Å²) in [5.41, 5.74) is 1.69. The Morgan fingerprint density at radius 3 is 2.58 bits per heavy atom. The maximum absolute atomic E-state index is 11.7. The van der Waals surface area contributed by atoms with Gasteiger partial charge in [-0.15, -0.1) is 0 Å². The molecule has 0 saturated heterocycles. The number of aliphatic hydroxyl groups is 1. The summed E-state index contributed by atoms with van der Waals surface area (Å²) >= 11 is 0. The number of hydrogen-bond acceptors (Lipinski definition) is 4. The van der Waals surface area contributed by atoms with Crippen molar-refractivity contribution in [1.82, 2.24) is 0 Å². The van der Waals surface area contributed by atoms with E-state index in [2.05, 4.69) is 0 Å². The fraction of sp³-hybridized carbons (Fsp3) is 0.533. The van der Waals surface area contributed by atoms with Crippen LogP contribution in [0.15, 0.2) is 18.2 Å². The number of carbonyl (C=O) groups is 1. The molecule has 2 atom stereocenters. The number of aryl methyl sites for hydroxylation is 1. The van der Waals surface area contributed by atoms with Crippen LogP contribution in [0.4, 0.5) is 0 Å². The molecular formula is C15H22O4. The van der Waals surface area contributed by atoms with Crippen LogP contribution < -0.4 is 4.74 Å². The van der Waals surface area contributed by atoms with Gasteiger partial charge in [-0.2, -0.15) is 0 Å². The maximum Gasteiger partial charge on any atom is 0.347 e. The SMILES string of the molecule is CCOC(=O)C(CC)Oc1cc(C)ccc1C(C)O. The first-order chi connectivity index (χ1) is 8.99. The fourth-order valence-corrected chi connectivity index (χ4v) is 1.78. The molecule has 1 aromatic carbocycles. The van der Waals surface area contributed by atoms with Gasteiger partial charge in [0.1, 0.15) is 5.75 Å². The van der Waals surface area contributed by atoms with Crippen molar-refractivity contribution in [2.24, 2.45) is 0 Å². The lowest BCUT2D eigenvalue weighted by Crippen LogP contribution is -2.29. The van der Waals surface area contributed by atoms with Crippen molar-refractivity contribution in [3.63, 3.8) is 0 Å². The molecule has 1 N–H and O–H groups in total. The number of rotatable bonds is 6. The number of aliphatic hydroxyl groups excluding tert-OH is 1. The van der Waals surface area contributed by atoms with Gasteiger partial charge in [0.25, 0.3) is 0 Å². The van der Waals surface area contributed by atoms with E-state index >= 15 is 0 Å². The van der Waals surface area contributed by atoms with Gasteiger partial charge in [-0.25, -0.2) is 4.79 Å². The van der Waals surface area contributed by atoms with Crippen LogP contribution >= 0.6 is 0 Å². The summed E-state index contributed by atoms with van der Waals surface area (Å²) in [5.74, 6) is 0.165. The monoisotopic (exact) mass is 266 g/mol. The largest absolute Gasteiger partial charge is 0.478 e. The molecule has 106 valence electrons. The third-order valence-corrected chi connectivity index (χ3v) is 2.81. The minimum atomic E-state index is -0.643. The average molecular weight is 266 g/mol. The Hall–Kier alpha value is -1.55. The molecule has 0 aliphatic carbocycles. The second kappa shape index (κ2) is 7.14. The van der Waals surface area contributed by atoms with Crippen molar-refractivity contribution < 1.29 is 19.4 Å². The predicted octanol–water partition coefficient (Wildman–Crippen LogP) is 2.77. The third kappa shape index (κ3) is 4.24. The van der Waals surface area contributed by atoms with Gasteiger partial charge in [0.15, 0.2) is 6.10 Å². The molecule has 1 aromatic rings. The molecule has 0 bridgehead atoms. The van der Waals surface area contributed by atoms with Crippen LogP contribution in [-0.2, 0) is 9.53 Å². The molecule has 0 aliphatic heterocycles.